The fourth-order valence-corrected chi connectivity index (χ4v) is 2.85. The topological polar surface area (TPSA) is 78.9 Å². The van der Waals surface area contributed by atoms with Crippen LogP contribution in [0.5, 0.6) is 11.5 Å². The fourth-order valence-electron chi connectivity index (χ4n) is 2.85. The third-order valence-corrected chi connectivity index (χ3v) is 4.67. The lowest BCUT2D eigenvalue weighted by atomic mass is 10.1. The highest BCUT2D eigenvalue weighted by Gasteiger charge is 2.10. The van der Waals surface area contributed by atoms with Crippen molar-refractivity contribution in [2.45, 2.75) is 13.8 Å². The van der Waals surface area contributed by atoms with Gasteiger partial charge in [0.2, 0.25) is 0 Å². The summed E-state index contributed by atoms with van der Waals surface area (Å²) in [6.07, 6.45) is 3.49. The SMILES string of the molecule is C=C(C)C(=O)OCC=Cc1ccc(C(=O)Oc2ccc3cc(OC(=O)C(=C)C)ccc3c2)cc1. The molecule has 3 rings (SSSR count). The minimum Gasteiger partial charge on any atom is -0.458 e. The van der Waals surface area contributed by atoms with E-state index in [1.165, 1.54) is 0 Å². The van der Waals surface area contributed by atoms with Crippen LogP contribution in [0, 0.1) is 0 Å². The van der Waals surface area contributed by atoms with Gasteiger partial charge in [0.05, 0.1) is 5.56 Å². The summed E-state index contributed by atoms with van der Waals surface area (Å²) in [4.78, 5) is 35.6. The first-order chi connectivity index (χ1) is 16.2. The molecule has 0 unspecified atom stereocenters. The molecule has 0 saturated carbocycles. The van der Waals surface area contributed by atoms with Gasteiger partial charge in [0.25, 0.3) is 0 Å². The van der Waals surface area contributed by atoms with Crippen molar-refractivity contribution in [3.8, 4) is 11.5 Å². The lowest BCUT2D eigenvalue weighted by Crippen LogP contribution is -2.08. The normalized spacial score (nSPS) is 10.6. The Morgan fingerprint density at radius 2 is 1.32 bits per heavy atom. The summed E-state index contributed by atoms with van der Waals surface area (Å²) in [6, 6.07) is 17.2. The molecule has 6 heteroatoms. The predicted molar refractivity (Wildman–Crippen MR) is 131 cm³/mol. The van der Waals surface area contributed by atoms with E-state index in [0.717, 1.165) is 16.3 Å². The van der Waals surface area contributed by atoms with Crippen molar-refractivity contribution in [1.29, 1.82) is 0 Å². The maximum Gasteiger partial charge on any atom is 0.343 e. The Balaban J connectivity index is 1.61. The third-order valence-electron chi connectivity index (χ3n) is 4.67. The largest absolute Gasteiger partial charge is 0.458 e. The lowest BCUT2D eigenvalue weighted by molar-refractivity contribution is -0.137. The quantitative estimate of drug-likeness (QED) is 0.247. The van der Waals surface area contributed by atoms with Gasteiger partial charge in [0.1, 0.15) is 18.1 Å². The van der Waals surface area contributed by atoms with Crippen LogP contribution >= 0.6 is 0 Å². The molecular weight excluding hydrogens is 432 g/mol. The molecule has 0 saturated heterocycles. The van der Waals surface area contributed by atoms with E-state index < -0.39 is 17.9 Å². The second-order valence-corrected chi connectivity index (χ2v) is 7.63. The molecule has 0 aliphatic heterocycles. The summed E-state index contributed by atoms with van der Waals surface area (Å²) in [5.41, 5.74) is 1.90. The van der Waals surface area contributed by atoms with Crippen molar-refractivity contribution in [3.05, 3.63) is 102 Å². The van der Waals surface area contributed by atoms with Crippen molar-refractivity contribution < 1.29 is 28.6 Å². The van der Waals surface area contributed by atoms with Gasteiger partial charge in [-0.1, -0.05) is 43.5 Å². The Morgan fingerprint density at radius 1 is 0.765 bits per heavy atom. The Bertz CT molecular complexity index is 1300. The highest BCUT2D eigenvalue weighted by molar-refractivity contribution is 5.93. The summed E-state index contributed by atoms with van der Waals surface area (Å²) < 4.78 is 15.7. The van der Waals surface area contributed by atoms with Gasteiger partial charge in [-0.15, -0.1) is 0 Å². The van der Waals surface area contributed by atoms with E-state index in [1.54, 1.807) is 86.7 Å². The zero-order chi connectivity index (χ0) is 24.7. The summed E-state index contributed by atoms with van der Waals surface area (Å²) in [6.45, 7) is 10.4. The van der Waals surface area contributed by atoms with Crippen molar-refractivity contribution >= 4 is 34.8 Å². The van der Waals surface area contributed by atoms with Crippen LogP contribution in [0.3, 0.4) is 0 Å². The van der Waals surface area contributed by atoms with Crippen LogP contribution in [0.4, 0.5) is 0 Å². The standard InChI is InChI=1S/C28H24O6/c1-18(2)26(29)32-15-5-6-20-7-9-21(10-8-20)28(31)34-25-14-12-22-16-24(13-11-23(22)17-25)33-27(30)19(3)4/h5-14,16-17H,1,3,15H2,2,4H3. The minimum atomic E-state index is -0.489. The lowest BCUT2D eigenvalue weighted by Gasteiger charge is -2.08. The second kappa shape index (κ2) is 10.9. The maximum atomic E-state index is 12.5. The van der Waals surface area contributed by atoms with Gasteiger partial charge in [-0.2, -0.15) is 0 Å². The third kappa shape index (κ3) is 6.53. The van der Waals surface area contributed by atoms with Crippen LogP contribution in [-0.4, -0.2) is 24.5 Å². The average Bonchev–Trinajstić information content (AvgIpc) is 2.81. The first kappa shape index (κ1) is 24.2. The minimum absolute atomic E-state index is 0.134. The molecule has 0 atom stereocenters. The molecule has 0 aliphatic carbocycles. The smallest absolute Gasteiger partial charge is 0.343 e. The molecule has 3 aromatic carbocycles. The van der Waals surface area contributed by atoms with Gasteiger partial charge in [0.15, 0.2) is 0 Å². The molecule has 6 nitrogen and oxygen atoms in total. The first-order valence-corrected chi connectivity index (χ1v) is 10.5. The number of carbonyl (C=O) groups excluding carboxylic acids is 3. The number of esters is 3. The van der Waals surface area contributed by atoms with E-state index in [-0.39, 0.29) is 6.61 Å². The van der Waals surface area contributed by atoms with E-state index in [0.29, 0.717) is 28.2 Å². The fraction of sp³-hybridized carbons (Fsp3) is 0.107. The van der Waals surface area contributed by atoms with Crippen LogP contribution in [0.1, 0.15) is 29.8 Å². The van der Waals surface area contributed by atoms with Crippen molar-refractivity contribution in [3.63, 3.8) is 0 Å². The average molecular weight is 456 g/mol. The molecule has 172 valence electrons. The van der Waals surface area contributed by atoms with Crippen LogP contribution in [0.25, 0.3) is 16.8 Å². The molecule has 0 aromatic heterocycles. The Hall–Kier alpha value is -4.45. The molecule has 3 aromatic rings. The van der Waals surface area contributed by atoms with Gasteiger partial charge < -0.3 is 14.2 Å². The van der Waals surface area contributed by atoms with Gasteiger partial charge in [-0.3, -0.25) is 0 Å². The maximum absolute atomic E-state index is 12.5. The number of hydrogen-bond donors (Lipinski definition) is 0. The number of carbonyl (C=O) groups is 3. The molecule has 0 bridgehead atoms. The molecule has 0 aliphatic rings. The Kier molecular flexibility index (Phi) is 7.77. The first-order valence-electron chi connectivity index (χ1n) is 10.5. The number of ether oxygens (including phenoxy) is 3. The van der Waals surface area contributed by atoms with Gasteiger partial charge in [0, 0.05) is 11.1 Å². The number of fused-ring (bicyclic) bond motifs is 1. The summed E-state index contributed by atoms with van der Waals surface area (Å²) >= 11 is 0. The van der Waals surface area contributed by atoms with E-state index in [4.69, 9.17) is 14.2 Å². The highest BCUT2D eigenvalue weighted by atomic mass is 16.5. The second-order valence-electron chi connectivity index (χ2n) is 7.63. The summed E-state index contributed by atoms with van der Waals surface area (Å²) in [5.74, 6) is -0.612. The molecule has 0 fully saturated rings. The molecule has 0 N–H and O–H groups in total. The van der Waals surface area contributed by atoms with E-state index >= 15 is 0 Å². The highest BCUT2D eigenvalue weighted by Crippen LogP contribution is 2.26. The van der Waals surface area contributed by atoms with Crippen molar-refractivity contribution in [2.75, 3.05) is 6.61 Å². The zero-order valence-corrected chi connectivity index (χ0v) is 19.0. The molecule has 0 spiro atoms. The summed E-state index contributed by atoms with van der Waals surface area (Å²) in [7, 11) is 0. The summed E-state index contributed by atoms with van der Waals surface area (Å²) in [5, 5.41) is 1.66. The van der Waals surface area contributed by atoms with Crippen molar-refractivity contribution in [1.82, 2.24) is 0 Å². The van der Waals surface area contributed by atoms with E-state index in [1.807, 2.05) is 0 Å². The molecule has 0 heterocycles. The van der Waals surface area contributed by atoms with E-state index in [9.17, 15) is 14.4 Å². The van der Waals surface area contributed by atoms with Crippen LogP contribution in [0.15, 0.2) is 91.0 Å². The molecule has 34 heavy (non-hydrogen) atoms. The van der Waals surface area contributed by atoms with Crippen LogP contribution in [0.2, 0.25) is 0 Å². The van der Waals surface area contributed by atoms with E-state index in [2.05, 4.69) is 13.2 Å². The Morgan fingerprint density at radius 3 is 1.88 bits per heavy atom. The molecular formula is C28H24O6. The van der Waals surface area contributed by atoms with Gasteiger partial charge >= 0.3 is 17.9 Å². The van der Waals surface area contributed by atoms with Gasteiger partial charge in [-0.25, -0.2) is 14.4 Å². The van der Waals surface area contributed by atoms with Gasteiger partial charge in [-0.05, 0) is 72.7 Å². The molecule has 0 amide bonds. The molecule has 0 radical (unpaired) electrons. The predicted octanol–water partition coefficient (Wildman–Crippen LogP) is 5.67. The van der Waals surface area contributed by atoms with Crippen molar-refractivity contribution in [2.24, 2.45) is 0 Å². The monoisotopic (exact) mass is 456 g/mol. The number of benzene rings is 3. The number of rotatable bonds is 8. The van der Waals surface area contributed by atoms with Crippen LogP contribution in [-0.2, 0) is 14.3 Å². The number of hydrogen-bond acceptors (Lipinski definition) is 6. The zero-order valence-electron chi connectivity index (χ0n) is 19.0. The Labute approximate surface area is 197 Å². The van der Waals surface area contributed by atoms with Crippen LogP contribution < -0.4 is 9.47 Å².